The van der Waals surface area contributed by atoms with Gasteiger partial charge in [-0.05, 0) is 30.5 Å². The summed E-state index contributed by atoms with van der Waals surface area (Å²) >= 11 is 0. The van der Waals surface area contributed by atoms with Gasteiger partial charge in [0.1, 0.15) is 17.0 Å². The molecule has 0 amide bonds. The van der Waals surface area contributed by atoms with Gasteiger partial charge in [0.2, 0.25) is 0 Å². The SMILES string of the molecule is CN=C(C=CN)c1cc(N2CCOCC2)nc2c(-c3ccn[nH]3)nccc12. The Hall–Kier alpha value is -3.26. The lowest BCUT2D eigenvalue weighted by atomic mass is 10.0. The molecule has 0 aromatic carbocycles. The fourth-order valence-electron chi connectivity index (χ4n) is 3.27. The molecule has 4 heterocycles. The van der Waals surface area contributed by atoms with Crippen LogP contribution in [0, 0.1) is 0 Å². The van der Waals surface area contributed by atoms with Crippen LogP contribution in [0.15, 0.2) is 47.9 Å². The van der Waals surface area contributed by atoms with Crippen molar-refractivity contribution in [1.29, 1.82) is 0 Å². The minimum Gasteiger partial charge on any atom is -0.405 e. The van der Waals surface area contributed by atoms with Crippen molar-refractivity contribution in [3.05, 3.63) is 48.4 Å². The van der Waals surface area contributed by atoms with Crippen LogP contribution in [-0.4, -0.2) is 59.2 Å². The summed E-state index contributed by atoms with van der Waals surface area (Å²) in [5.74, 6) is 0.876. The number of pyridine rings is 2. The van der Waals surface area contributed by atoms with E-state index in [1.807, 2.05) is 12.1 Å². The topological polar surface area (TPSA) is 105 Å². The van der Waals surface area contributed by atoms with Crippen LogP contribution < -0.4 is 10.6 Å². The molecule has 27 heavy (non-hydrogen) atoms. The first-order valence-electron chi connectivity index (χ1n) is 8.79. The second-order valence-electron chi connectivity index (χ2n) is 6.12. The van der Waals surface area contributed by atoms with Crippen molar-refractivity contribution in [2.75, 3.05) is 38.3 Å². The Bertz CT molecular complexity index is 989. The summed E-state index contributed by atoms with van der Waals surface area (Å²) in [6.07, 6.45) is 6.78. The highest BCUT2D eigenvalue weighted by Gasteiger charge is 2.19. The van der Waals surface area contributed by atoms with Crippen molar-refractivity contribution in [2.24, 2.45) is 10.7 Å². The summed E-state index contributed by atoms with van der Waals surface area (Å²) in [7, 11) is 1.76. The molecule has 3 aromatic rings. The van der Waals surface area contributed by atoms with Crippen LogP contribution in [0.25, 0.3) is 22.3 Å². The number of morpholine rings is 1. The van der Waals surface area contributed by atoms with Gasteiger partial charge in [0.15, 0.2) is 0 Å². The highest BCUT2D eigenvalue weighted by Crippen LogP contribution is 2.30. The molecule has 1 fully saturated rings. The fraction of sp³-hybridized carbons (Fsp3) is 0.263. The van der Waals surface area contributed by atoms with Gasteiger partial charge < -0.3 is 15.4 Å². The summed E-state index contributed by atoms with van der Waals surface area (Å²) in [5.41, 5.74) is 9.78. The van der Waals surface area contributed by atoms with Crippen LogP contribution in [0.4, 0.5) is 5.82 Å². The maximum absolute atomic E-state index is 5.64. The summed E-state index contributed by atoms with van der Waals surface area (Å²) < 4.78 is 5.48. The van der Waals surface area contributed by atoms with E-state index in [0.717, 1.165) is 52.5 Å². The number of hydrogen-bond acceptors (Lipinski definition) is 7. The Morgan fingerprint density at radius 3 is 2.85 bits per heavy atom. The Balaban J connectivity index is 1.98. The molecule has 0 atom stereocenters. The maximum Gasteiger partial charge on any atom is 0.130 e. The molecule has 4 rings (SSSR count). The summed E-state index contributed by atoms with van der Waals surface area (Å²) in [4.78, 5) is 16.1. The van der Waals surface area contributed by atoms with E-state index in [0.29, 0.717) is 13.2 Å². The van der Waals surface area contributed by atoms with E-state index in [1.165, 1.54) is 6.20 Å². The lowest BCUT2D eigenvalue weighted by Gasteiger charge is -2.28. The number of allylic oxidation sites excluding steroid dienone is 1. The predicted octanol–water partition coefficient (Wildman–Crippen LogP) is 1.75. The number of H-pyrrole nitrogens is 1. The second-order valence-corrected chi connectivity index (χ2v) is 6.12. The Morgan fingerprint density at radius 1 is 1.30 bits per heavy atom. The van der Waals surface area contributed by atoms with Crippen LogP contribution in [0.5, 0.6) is 0 Å². The number of rotatable bonds is 4. The zero-order valence-corrected chi connectivity index (χ0v) is 15.1. The van der Waals surface area contributed by atoms with E-state index in [-0.39, 0.29) is 0 Å². The third-order valence-corrected chi connectivity index (χ3v) is 4.58. The Morgan fingerprint density at radius 2 is 2.15 bits per heavy atom. The molecule has 3 aromatic heterocycles. The first-order chi connectivity index (χ1) is 13.3. The first-order valence-corrected chi connectivity index (χ1v) is 8.79. The zero-order valence-electron chi connectivity index (χ0n) is 15.1. The highest BCUT2D eigenvalue weighted by atomic mass is 16.5. The molecule has 0 aliphatic carbocycles. The minimum atomic E-state index is 0.687. The summed E-state index contributed by atoms with van der Waals surface area (Å²) in [6.45, 7) is 2.96. The predicted molar refractivity (Wildman–Crippen MR) is 106 cm³/mol. The van der Waals surface area contributed by atoms with Crippen molar-refractivity contribution in [2.45, 2.75) is 0 Å². The van der Waals surface area contributed by atoms with E-state index in [2.05, 4.69) is 31.1 Å². The molecule has 8 nitrogen and oxygen atoms in total. The van der Waals surface area contributed by atoms with E-state index >= 15 is 0 Å². The third-order valence-electron chi connectivity index (χ3n) is 4.58. The third kappa shape index (κ3) is 3.26. The van der Waals surface area contributed by atoms with E-state index < -0.39 is 0 Å². The van der Waals surface area contributed by atoms with Gasteiger partial charge in [-0.3, -0.25) is 15.1 Å². The standard InChI is InChI=1S/C19H21N7O/c1-21-15(2-5-20)14-12-17(26-8-10-27-11-9-26)24-18-13(14)3-6-22-19(18)16-4-7-23-25-16/h2-7,12H,8-11,20H2,1H3,(H,23,25). The minimum absolute atomic E-state index is 0.687. The van der Waals surface area contributed by atoms with Crippen LogP contribution in [-0.2, 0) is 4.74 Å². The monoisotopic (exact) mass is 363 g/mol. The van der Waals surface area contributed by atoms with Gasteiger partial charge in [0.25, 0.3) is 0 Å². The molecule has 0 saturated carbocycles. The fourth-order valence-corrected chi connectivity index (χ4v) is 3.27. The number of fused-ring (bicyclic) bond motifs is 1. The number of aromatic nitrogens is 4. The molecule has 1 aliphatic heterocycles. The average Bonchev–Trinajstić information content (AvgIpc) is 3.26. The number of aliphatic imine (C=N–C) groups is 1. The van der Waals surface area contributed by atoms with Crippen molar-refractivity contribution in [1.82, 2.24) is 20.2 Å². The normalized spacial score (nSPS) is 15.7. The average molecular weight is 363 g/mol. The van der Waals surface area contributed by atoms with Gasteiger partial charge in [-0.1, -0.05) is 0 Å². The largest absolute Gasteiger partial charge is 0.405 e. The molecule has 8 heteroatoms. The van der Waals surface area contributed by atoms with Gasteiger partial charge in [0.05, 0.1) is 24.6 Å². The van der Waals surface area contributed by atoms with Gasteiger partial charge >= 0.3 is 0 Å². The van der Waals surface area contributed by atoms with E-state index in [4.69, 9.17) is 15.5 Å². The zero-order chi connectivity index (χ0) is 18.6. The van der Waals surface area contributed by atoms with Crippen molar-refractivity contribution in [3.8, 4) is 11.4 Å². The van der Waals surface area contributed by atoms with Crippen LogP contribution in [0.1, 0.15) is 5.56 Å². The van der Waals surface area contributed by atoms with Gasteiger partial charge in [-0.2, -0.15) is 5.10 Å². The number of ether oxygens (including phenoxy) is 1. The molecule has 1 aliphatic rings. The lowest BCUT2D eigenvalue weighted by molar-refractivity contribution is 0.122. The van der Waals surface area contributed by atoms with Crippen LogP contribution in [0.3, 0.4) is 0 Å². The Labute approximate surface area is 156 Å². The molecule has 0 radical (unpaired) electrons. The quantitative estimate of drug-likeness (QED) is 0.684. The van der Waals surface area contributed by atoms with Gasteiger partial charge in [0, 0.05) is 43.5 Å². The Kier molecular flexibility index (Phi) is 4.80. The number of anilines is 1. The molecular weight excluding hydrogens is 342 g/mol. The maximum atomic E-state index is 5.64. The van der Waals surface area contributed by atoms with Gasteiger partial charge in [-0.25, -0.2) is 4.98 Å². The summed E-state index contributed by atoms with van der Waals surface area (Å²) in [5, 5.41) is 7.99. The molecule has 3 N–H and O–H groups in total. The second kappa shape index (κ2) is 7.55. The number of nitrogens with zero attached hydrogens (tertiary/aromatic N) is 5. The molecule has 138 valence electrons. The smallest absolute Gasteiger partial charge is 0.130 e. The van der Waals surface area contributed by atoms with Crippen molar-refractivity contribution in [3.63, 3.8) is 0 Å². The number of nitrogens with two attached hydrogens (primary N) is 1. The molecule has 0 bridgehead atoms. The molecule has 0 unspecified atom stereocenters. The first kappa shape index (κ1) is 17.2. The van der Waals surface area contributed by atoms with Crippen molar-refractivity contribution >= 4 is 22.4 Å². The highest BCUT2D eigenvalue weighted by molar-refractivity contribution is 6.17. The molecule has 0 spiro atoms. The number of hydrogen-bond donors (Lipinski definition) is 2. The lowest BCUT2D eigenvalue weighted by Crippen LogP contribution is -2.36. The van der Waals surface area contributed by atoms with Crippen LogP contribution in [0.2, 0.25) is 0 Å². The van der Waals surface area contributed by atoms with Crippen LogP contribution >= 0.6 is 0 Å². The molecule has 1 saturated heterocycles. The summed E-state index contributed by atoms with van der Waals surface area (Å²) in [6, 6.07) is 5.90. The van der Waals surface area contributed by atoms with Gasteiger partial charge in [-0.15, -0.1) is 0 Å². The van der Waals surface area contributed by atoms with Crippen molar-refractivity contribution < 1.29 is 4.74 Å². The van der Waals surface area contributed by atoms with E-state index in [9.17, 15) is 0 Å². The number of aromatic amines is 1. The number of nitrogens with one attached hydrogen (secondary N) is 1. The molecular formula is C19H21N7O. The van der Waals surface area contributed by atoms with E-state index in [1.54, 1.807) is 25.5 Å².